The second-order valence-electron chi connectivity index (χ2n) is 5.02. The topological polar surface area (TPSA) is 23.5 Å². The van der Waals surface area contributed by atoms with E-state index in [1.807, 2.05) is 24.3 Å². The molecule has 20 heavy (non-hydrogen) atoms. The van der Waals surface area contributed by atoms with Gasteiger partial charge in [-0.2, -0.15) is 0 Å². The van der Waals surface area contributed by atoms with Gasteiger partial charge < -0.3 is 10.0 Å². The van der Waals surface area contributed by atoms with Crippen LogP contribution in [0.25, 0.3) is 0 Å². The lowest BCUT2D eigenvalue weighted by Gasteiger charge is -2.34. The Morgan fingerprint density at radius 1 is 1.25 bits per heavy atom. The number of hydrogen-bond acceptors (Lipinski definition) is 2. The predicted molar refractivity (Wildman–Crippen MR) is 78.5 cm³/mol. The van der Waals surface area contributed by atoms with Gasteiger partial charge in [0.05, 0.1) is 6.10 Å². The number of nitrogens with zero attached hydrogens (tertiary/aromatic N) is 1. The van der Waals surface area contributed by atoms with Gasteiger partial charge in [-0.15, -0.1) is 0 Å². The van der Waals surface area contributed by atoms with Crippen LogP contribution in [0, 0.1) is 5.82 Å². The molecule has 1 atom stereocenters. The van der Waals surface area contributed by atoms with E-state index in [0.29, 0.717) is 30.1 Å². The highest BCUT2D eigenvalue weighted by Crippen LogP contribution is 2.34. The van der Waals surface area contributed by atoms with Gasteiger partial charge in [-0.25, -0.2) is 4.39 Å². The molecule has 104 valence electrons. The van der Waals surface area contributed by atoms with Crippen molar-refractivity contribution in [1.29, 1.82) is 0 Å². The Morgan fingerprint density at radius 3 is 2.85 bits per heavy atom. The Hall–Kier alpha value is -1.58. The van der Waals surface area contributed by atoms with E-state index in [1.54, 1.807) is 12.1 Å². The van der Waals surface area contributed by atoms with Gasteiger partial charge in [-0.3, -0.25) is 0 Å². The van der Waals surface area contributed by atoms with Crippen LogP contribution in [0.15, 0.2) is 42.5 Å². The van der Waals surface area contributed by atoms with Crippen molar-refractivity contribution in [3.05, 3.63) is 64.4 Å². The highest BCUT2D eigenvalue weighted by molar-refractivity contribution is 6.30. The smallest absolute Gasteiger partial charge is 0.129 e. The van der Waals surface area contributed by atoms with Gasteiger partial charge >= 0.3 is 0 Å². The molecule has 1 unspecified atom stereocenters. The lowest BCUT2D eigenvalue weighted by Crippen LogP contribution is -2.31. The monoisotopic (exact) mass is 291 g/mol. The highest BCUT2D eigenvalue weighted by atomic mass is 35.5. The molecule has 0 saturated heterocycles. The average molecular weight is 292 g/mol. The molecule has 0 amide bonds. The van der Waals surface area contributed by atoms with Gasteiger partial charge in [0.25, 0.3) is 0 Å². The van der Waals surface area contributed by atoms with Crippen LogP contribution in [0.2, 0.25) is 5.02 Å². The van der Waals surface area contributed by atoms with Gasteiger partial charge in [-0.05, 0) is 24.6 Å². The van der Waals surface area contributed by atoms with Crippen LogP contribution >= 0.6 is 11.6 Å². The lowest BCUT2D eigenvalue weighted by molar-refractivity contribution is 0.164. The Labute approximate surface area is 122 Å². The second kappa shape index (κ2) is 5.43. The van der Waals surface area contributed by atoms with Crippen molar-refractivity contribution in [2.75, 3.05) is 11.4 Å². The molecule has 0 bridgehead atoms. The summed E-state index contributed by atoms with van der Waals surface area (Å²) in [6.45, 7) is 1.19. The first-order valence-electron chi connectivity index (χ1n) is 6.61. The third kappa shape index (κ3) is 2.51. The second-order valence-corrected chi connectivity index (χ2v) is 5.46. The first kappa shape index (κ1) is 13.4. The first-order chi connectivity index (χ1) is 9.65. The molecule has 0 aromatic heterocycles. The molecule has 4 heteroatoms. The number of fused-ring (bicyclic) bond motifs is 1. The van der Waals surface area contributed by atoms with E-state index in [9.17, 15) is 9.50 Å². The molecular weight excluding hydrogens is 277 g/mol. The van der Waals surface area contributed by atoms with Crippen LogP contribution in [0.3, 0.4) is 0 Å². The maximum Gasteiger partial charge on any atom is 0.129 e. The molecule has 1 aliphatic rings. The molecule has 0 fully saturated rings. The minimum atomic E-state index is -0.433. The van der Waals surface area contributed by atoms with E-state index in [1.165, 1.54) is 6.07 Å². The summed E-state index contributed by atoms with van der Waals surface area (Å²) in [7, 11) is 0. The van der Waals surface area contributed by atoms with E-state index >= 15 is 0 Å². The lowest BCUT2D eigenvalue weighted by atomic mass is 9.98. The summed E-state index contributed by atoms with van der Waals surface area (Å²) < 4.78 is 13.9. The molecule has 1 N–H and O–H groups in total. The van der Waals surface area contributed by atoms with Crippen LogP contribution in [0.5, 0.6) is 0 Å². The van der Waals surface area contributed by atoms with Crippen molar-refractivity contribution in [2.24, 2.45) is 0 Å². The molecule has 2 aromatic rings. The molecule has 2 nitrogen and oxygen atoms in total. The van der Waals surface area contributed by atoms with Crippen LogP contribution in [-0.4, -0.2) is 11.7 Å². The summed E-state index contributed by atoms with van der Waals surface area (Å²) in [5.74, 6) is -0.291. The van der Waals surface area contributed by atoms with Crippen molar-refractivity contribution in [1.82, 2.24) is 0 Å². The van der Waals surface area contributed by atoms with Crippen LogP contribution in [0.4, 0.5) is 10.1 Å². The number of halogens is 2. The maximum absolute atomic E-state index is 13.9. The Balaban J connectivity index is 1.90. The summed E-state index contributed by atoms with van der Waals surface area (Å²) in [5, 5.41) is 10.4. The molecule has 0 saturated carbocycles. The third-order valence-corrected chi connectivity index (χ3v) is 3.92. The minimum absolute atomic E-state index is 0.291. The highest BCUT2D eigenvalue weighted by Gasteiger charge is 2.23. The average Bonchev–Trinajstić information content (AvgIpc) is 2.45. The predicted octanol–water partition coefficient (Wildman–Crippen LogP) is 3.92. The number of para-hydroxylation sites is 1. The summed E-state index contributed by atoms with van der Waals surface area (Å²) >= 11 is 5.77. The fourth-order valence-electron chi connectivity index (χ4n) is 2.63. The first-order valence-corrected chi connectivity index (χ1v) is 6.99. The maximum atomic E-state index is 13.9. The van der Waals surface area contributed by atoms with E-state index in [-0.39, 0.29) is 5.82 Å². The third-order valence-electron chi connectivity index (χ3n) is 3.69. The molecule has 0 spiro atoms. The van der Waals surface area contributed by atoms with Gasteiger partial charge in [0.1, 0.15) is 5.82 Å². The summed E-state index contributed by atoms with van der Waals surface area (Å²) in [6.07, 6.45) is 0.226. The van der Waals surface area contributed by atoms with Crippen molar-refractivity contribution < 1.29 is 9.50 Å². The zero-order valence-corrected chi connectivity index (χ0v) is 11.6. The largest absolute Gasteiger partial charge is 0.388 e. The van der Waals surface area contributed by atoms with Gasteiger partial charge in [0, 0.05) is 34.9 Å². The van der Waals surface area contributed by atoms with E-state index in [0.717, 1.165) is 11.3 Å². The number of benzene rings is 2. The molecule has 1 heterocycles. The number of aliphatic hydroxyl groups excluding tert-OH is 1. The van der Waals surface area contributed by atoms with Crippen molar-refractivity contribution >= 4 is 17.3 Å². The van der Waals surface area contributed by atoms with Crippen molar-refractivity contribution in [3.8, 4) is 0 Å². The summed E-state index contributed by atoms with van der Waals surface area (Å²) in [5.41, 5.74) is 2.49. The number of rotatable bonds is 2. The minimum Gasteiger partial charge on any atom is -0.388 e. The fourth-order valence-corrected chi connectivity index (χ4v) is 2.79. The van der Waals surface area contributed by atoms with Crippen LogP contribution in [-0.2, 0) is 6.54 Å². The zero-order chi connectivity index (χ0) is 14.1. The molecule has 0 radical (unpaired) electrons. The van der Waals surface area contributed by atoms with Gasteiger partial charge in [-0.1, -0.05) is 35.9 Å². The number of anilines is 1. The molecule has 3 rings (SSSR count). The SMILES string of the molecule is OC1CCN(Cc2ccc(Cl)cc2F)c2ccccc21. The van der Waals surface area contributed by atoms with Crippen LogP contribution < -0.4 is 4.90 Å². The van der Waals surface area contributed by atoms with Gasteiger partial charge in [0.2, 0.25) is 0 Å². The molecule has 1 aliphatic heterocycles. The molecule has 2 aromatic carbocycles. The van der Waals surface area contributed by atoms with Crippen LogP contribution in [0.1, 0.15) is 23.7 Å². The molecular formula is C16H15ClFNO. The Bertz CT molecular complexity index is 632. The molecule has 0 aliphatic carbocycles. The normalized spacial score (nSPS) is 17.9. The van der Waals surface area contributed by atoms with Gasteiger partial charge in [0.15, 0.2) is 0 Å². The fraction of sp³-hybridized carbons (Fsp3) is 0.250. The van der Waals surface area contributed by atoms with E-state index < -0.39 is 6.10 Å². The quantitative estimate of drug-likeness (QED) is 0.906. The number of hydrogen-bond donors (Lipinski definition) is 1. The Morgan fingerprint density at radius 2 is 2.05 bits per heavy atom. The summed E-state index contributed by atoms with van der Waals surface area (Å²) in [6, 6.07) is 12.5. The Kier molecular flexibility index (Phi) is 3.64. The van der Waals surface area contributed by atoms with E-state index in [2.05, 4.69) is 4.90 Å². The van der Waals surface area contributed by atoms with Crippen molar-refractivity contribution in [2.45, 2.75) is 19.1 Å². The van der Waals surface area contributed by atoms with Crippen molar-refractivity contribution in [3.63, 3.8) is 0 Å². The summed E-state index contributed by atoms with van der Waals surface area (Å²) in [4.78, 5) is 2.09. The zero-order valence-electron chi connectivity index (χ0n) is 10.9. The standard InChI is InChI=1S/C16H15ClFNO/c17-12-6-5-11(14(18)9-12)10-19-8-7-16(20)13-3-1-2-4-15(13)19/h1-6,9,16,20H,7-8,10H2. The number of aliphatic hydroxyl groups is 1. The van der Waals surface area contributed by atoms with E-state index in [4.69, 9.17) is 11.6 Å².